The molecule has 7 heteroatoms. The van der Waals surface area contributed by atoms with Gasteiger partial charge in [-0.2, -0.15) is 0 Å². The Bertz CT molecular complexity index is 741. The summed E-state index contributed by atoms with van der Waals surface area (Å²) in [6.45, 7) is 0. The number of benzene rings is 2. The zero-order valence-electron chi connectivity index (χ0n) is 10.2. The zero-order chi connectivity index (χ0) is 14.8. The van der Waals surface area contributed by atoms with E-state index in [2.05, 4.69) is 0 Å². The summed E-state index contributed by atoms with van der Waals surface area (Å²) in [6.07, 6.45) is 0. The molecule has 0 aliphatic carbocycles. The van der Waals surface area contributed by atoms with Crippen LogP contribution in [-0.4, -0.2) is 13.3 Å². The van der Waals surface area contributed by atoms with E-state index in [-0.39, 0.29) is 16.3 Å². The van der Waals surface area contributed by atoms with E-state index >= 15 is 0 Å². The Balaban J connectivity index is 2.31. The van der Waals surface area contributed by atoms with Crippen LogP contribution in [0.1, 0.15) is 5.56 Å². The smallest absolute Gasteiger partial charge is 0.258 e. The van der Waals surface area contributed by atoms with Crippen molar-refractivity contribution < 1.29 is 13.3 Å². The van der Waals surface area contributed by atoms with Gasteiger partial charge in [0.05, 0.1) is 15.6 Å². The van der Waals surface area contributed by atoms with Gasteiger partial charge in [-0.15, -0.1) is 0 Å². The molecule has 0 aliphatic heterocycles. The van der Waals surface area contributed by atoms with Crippen LogP contribution in [0.2, 0.25) is 5.02 Å². The minimum Gasteiger partial charge on any atom is -0.258 e. The molecule has 0 unspecified atom stereocenters. The van der Waals surface area contributed by atoms with Crippen LogP contribution < -0.4 is 0 Å². The van der Waals surface area contributed by atoms with Crippen molar-refractivity contribution in [1.29, 1.82) is 0 Å². The minimum atomic E-state index is -3.59. The van der Waals surface area contributed by atoms with Crippen LogP contribution in [0, 0.1) is 10.1 Å². The fraction of sp³-hybridized carbons (Fsp3) is 0.0769. The minimum absolute atomic E-state index is 0.0306. The third kappa shape index (κ3) is 3.15. The third-order valence-corrected chi connectivity index (χ3v) is 4.76. The molecule has 0 atom stereocenters. The van der Waals surface area contributed by atoms with Gasteiger partial charge < -0.3 is 0 Å². The first-order valence-corrected chi connectivity index (χ1v) is 7.64. The highest BCUT2D eigenvalue weighted by Gasteiger charge is 2.18. The Morgan fingerprint density at radius 3 is 2.20 bits per heavy atom. The maximum absolute atomic E-state index is 12.2. The van der Waals surface area contributed by atoms with E-state index in [1.165, 1.54) is 24.3 Å². The largest absolute Gasteiger partial charge is 0.269 e. The Hall–Kier alpha value is -1.92. The number of nitrogens with zero attached hydrogens (tertiary/aromatic N) is 1. The summed E-state index contributed by atoms with van der Waals surface area (Å²) in [6, 6.07) is 11.4. The molecule has 0 spiro atoms. The van der Waals surface area contributed by atoms with Gasteiger partial charge in [0.2, 0.25) is 0 Å². The molecule has 0 radical (unpaired) electrons. The van der Waals surface area contributed by atoms with Crippen molar-refractivity contribution in [2.75, 3.05) is 0 Å². The number of sulfone groups is 1. The van der Waals surface area contributed by atoms with Crippen LogP contribution in [0.5, 0.6) is 0 Å². The molecule has 20 heavy (non-hydrogen) atoms. The topological polar surface area (TPSA) is 77.3 Å². The number of rotatable bonds is 4. The molecule has 0 saturated heterocycles. The summed E-state index contributed by atoms with van der Waals surface area (Å²) >= 11 is 5.93. The van der Waals surface area contributed by atoms with Crippen molar-refractivity contribution in [3.63, 3.8) is 0 Å². The molecule has 2 aromatic rings. The molecule has 0 saturated carbocycles. The van der Waals surface area contributed by atoms with E-state index in [0.29, 0.717) is 10.6 Å². The summed E-state index contributed by atoms with van der Waals surface area (Å²) < 4.78 is 24.4. The predicted octanol–water partition coefficient (Wildman–Crippen LogP) is 3.22. The Morgan fingerprint density at radius 1 is 1.05 bits per heavy atom. The number of halogens is 1. The van der Waals surface area contributed by atoms with Crippen molar-refractivity contribution in [3.8, 4) is 0 Å². The van der Waals surface area contributed by atoms with Crippen LogP contribution in [-0.2, 0) is 15.6 Å². The molecule has 104 valence electrons. The normalized spacial score (nSPS) is 11.2. The van der Waals surface area contributed by atoms with Crippen molar-refractivity contribution in [2.45, 2.75) is 10.6 Å². The maximum Gasteiger partial charge on any atom is 0.269 e. The SMILES string of the molecule is O=[N+]([O-])c1ccc(S(=O)(=O)Cc2ccccc2Cl)cc1. The molecule has 0 bridgehead atoms. The average molecular weight is 312 g/mol. The number of nitro groups is 1. The second-order valence-corrected chi connectivity index (χ2v) is 6.50. The van der Waals surface area contributed by atoms with Gasteiger partial charge in [-0.3, -0.25) is 10.1 Å². The number of hydrogen-bond acceptors (Lipinski definition) is 4. The Labute approximate surface area is 120 Å². The lowest BCUT2D eigenvalue weighted by atomic mass is 10.2. The summed E-state index contributed by atoms with van der Waals surface area (Å²) in [7, 11) is -3.59. The maximum atomic E-state index is 12.2. The summed E-state index contributed by atoms with van der Waals surface area (Å²) in [4.78, 5) is 9.99. The molecule has 0 aromatic heterocycles. The quantitative estimate of drug-likeness (QED) is 0.641. The van der Waals surface area contributed by atoms with Crippen molar-refractivity contribution >= 4 is 27.1 Å². The summed E-state index contributed by atoms with van der Waals surface area (Å²) in [5, 5.41) is 10.9. The van der Waals surface area contributed by atoms with Crippen molar-refractivity contribution in [2.24, 2.45) is 0 Å². The first-order chi connectivity index (χ1) is 9.40. The van der Waals surface area contributed by atoms with E-state index < -0.39 is 14.8 Å². The van der Waals surface area contributed by atoms with Crippen LogP contribution in [0.4, 0.5) is 5.69 Å². The molecule has 0 N–H and O–H groups in total. The van der Waals surface area contributed by atoms with Crippen molar-refractivity contribution in [3.05, 3.63) is 69.2 Å². The lowest BCUT2D eigenvalue weighted by Gasteiger charge is -2.06. The third-order valence-electron chi connectivity index (χ3n) is 2.71. The van der Waals surface area contributed by atoms with E-state index in [1.54, 1.807) is 24.3 Å². The molecule has 0 amide bonds. The van der Waals surface area contributed by atoms with E-state index in [9.17, 15) is 18.5 Å². The molecule has 2 rings (SSSR count). The van der Waals surface area contributed by atoms with Crippen LogP contribution >= 0.6 is 11.6 Å². The van der Waals surface area contributed by atoms with Gasteiger partial charge in [0.25, 0.3) is 5.69 Å². The van der Waals surface area contributed by atoms with Crippen LogP contribution in [0.3, 0.4) is 0 Å². The first-order valence-electron chi connectivity index (χ1n) is 5.61. The Morgan fingerprint density at radius 2 is 1.65 bits per heavy atom. The predicted molar refractivity (Wildman–Crippen MR) is 75.4 cm³/mol. The monoisotopic (exact) mass is 311 g/mol. The Kier molecular flexibility index (Phi) is 4.06. The fourth-order valence-electron chi connectivity index (χ4n) is 1.68. The molecule has 0 heterocycles. The number of hydrogen-bond donors (Lipinski definition) is 0. The van der Waals surface area contributed by atoms with Crippen LogP contribution in [0.15, 0.2) is 53.4 Å². The van der Waals surface area contributed by atoms with Crippen molar-refractivity contribution in [1.82, 2.24) is 0 Å². The molecule has 0 aliphatic rings. The molecule has 0 fully saturated rings. The van der Waals surface area contributed by atoms with Gasteiger partial charge in [0, 0.05) is 17.2 Å². The average Bonchev–Trinajstić information content (AvgIpc) is 2.41. The zero-order valence-corrected chi connectivity index (χ0v) is 11.8. The summed E-state index contributed by atoms with van der Waals surface area (Å²) in [5.74, 6) is -0.246. The van der Waals surface area contributed by atoms with Gasteiger partial charge >= 0.3 is 0 Å². The number of non-ortho nitro benzene ring substituents is 1. The molecule has 2 aromatic carbocycles. The first kappa shape index (κ1) is 14.5. The molecule has 5 nitrogen and oxygen atoms in total. The standard InChI is InChI=1S/C13H10ClNO4S/c14-13-4-2-1-3-10(13)9-20(18,19)12-7-5-11(6-8-12)15(16)17/h1-8H,9H2. The highest BCUT2D eigenvalue weighted by Crippen LogP contribution is 2.23. The van der Waals surface area contributed by atoms with E-state index in [1.807, 2.05) is 0 Å². The van der Waals surface area contributed by atoms with E-state index in [0.717, 1.165) is 0 Å². The highest BCUT2D eigenvalue weighted by atomic mass is 35.5. The highest BCUT2D eigenvalue weighted by molar-refractivity contribution is 7.90. The lowest BCUT2D eigenvalue weighted by molar-refractivity contribution is -0.384. The second kappa shape index (κ2) is 5.60. The van der Waals surface area contributed by atoms with Gasteiger partial charge in [-0.1, -0.05) is 29.8 Å². The van der Waals surface area contributed by atoms with E-state index in [4.69, 9.17) is 11.6 Å². The second-order valence-electron chi connectivity index (χ2n) is 4.10. The fourth-order valence-corrected chi connectivity index (χ4v) is 3.34. The lowest BCUT2D eigenvalue weighted by Crippen LogP contribution is -2.05. The summed E-state index contributed by atoms with van der Waals surface area (Å²) in [5.41, 5.74) is 0.342. The van der Waals surface area contributed by atoms with Crippen LogP contribution in [0.25, 0.3) is 0 Å². The van der Waals surface area contributed by atoms with Gasteiger partial charge in [0.15, 0.2) is 9.84 Å². The van der Waals surface area contributed by atoms with Gasteiger partial charge in [0.1, 0.15) is 0 Å². The molecular formula is C13H10ClNO4S. The van der Waals surface area contributed by atoms with Gasteiger partial charge in [-0.25, -0.2) is 8.42 Å². The number of nitro benzene ring substituents is 1. The molecular weight excluding hydrogens is 302 g/mol. The van der Waals surface area contributed by atoms with Gasteiger partial charge in [-0.05, 0) is 23.8 Å².